The lowest BCUT2D eigenvalue weighted by Crippen LogP contribution is -2.38. The highest BCUT2D eigenvalue weighted by atomic mass is 32.1. The Balaban J connectivity index is 1.39. The van der Waals surface area contributed by atoms with Crippen LogP contribution in [-0.2, 0) is 30.9 Å². The number of rotatable bonds is 4. The van der Waals surface area contributed by atoms with Gasteiger partial charge in [0, 0.05) is 19.4 Å². The minimum atomic E-state index is -0.0639. The Labute approximate surface area is 143 Å². The highest BCUT2D eigenvalue weighted by Crippen LogP contribution is 2.23. The van der Waals surface area contributed by atoms with Crippen LogP contribution in [0.1, 0.15) is 22.8 Å². The number of aliphatic hydroxyl groups excluding tert-OH is 1. The molecule has 0 unspecified atom stereocenters. The van der Waals surface area contributed by atoms with Gasteiger partial charge in [-0.15, -0.1) is 11.3 Å². The maximum Gasteiger partial charge on any atom is 0.223 e. The van der Waals surface area contributed by atoms with Gasteiger partial charge in [0.15, 0.2) is 0 Å². The van der Waals surface area contributed by atoms with Crippen LogP contribution in [0, 0.1) is 0 Å². The van der Waals surface area contributed by atoms with Gasteiger partial charge in [-0.05, 0) is 18.2 Å². The van der Waals surface area contributed by atoms with E-state index in [9.17, 15) is 4.79 Å². The molecule has 0 bridgehead atoms. The fourth-order valence-corrected chi connectivity index (χ4v) is 3.98. The van der Waals surface area contributed by atoms with E-state index >= 15 is 0 Å². The van der Waals surface area contributed by atoms with Gasteiger partial charge in [0.25, 0.3) is 0 Å². The minimum Gasteiger partial charge on any atom is -0.390 e. The van der Waals surface area contributed by atoms with E-state index in [1.54, 1.807) is 11.3 Å². The number of thiazole rings is 1. The number of carbonyl (C=O) groups excluding carboxylic acids is 1. The molecule has 0 spiro atoms. The van der Waals surface area contributed by atoms with Crippen LogP contribution in [0.3, 0.4) is 0 Å². The van der Waals surface area contributed by atoms with Gasteiger partial charge in [-0.1, -0.05) is 12.1 Å². The first-order valence-corrected chi connectivity index (χ1v) is 8.83. The number of fused-ring (bicyclic) bond motifs is 2. The molecule has 7 heteroatoms. The van der Waals surface area contributed by atoms with E-state index in [-0.39, 0.29) is 12.5 Å². The van der Waals surface area contributed by atoms with Crippen molar-refractivity contribution in [2.75, 3.05) is 6.54 Å². The van der Waals surface area contributed by atoms with E-state index in [4.69, 9.17) is 5.11 Å². The molecule has 3 aromatic rings. The molecule has 1 amide bonds. The molecule has 0 radical (unpaired) electrons. The molecule has 0 saturated heterocycles. The van der Waals surface area contributed by atoms with Gasteiger partial charge in [-0.2, -0.15) is 5.10 Å². The molecule has 1 aromatic carbocycles. The van der Waals surface area contributed by atoms with Crippen LogP contribution in [0.25, 0.3) is 10.2 Å². The van der Waals surface area contributed by atoms with Gasteiger partial charge in [0.1, 0.15) is 0 Å². The lowest BCUT2D eigenvalue weighted by molar-refractivity contribution is -0.132. The second kappa shape index (κ2) is 6.33. The molecule has 0 atom stereocenters. The molecule has 4 rings (SSSR count). The average molecular weight is 342 g/mol. The molecule has 1 aliphatic rings. The van der Waals surface area contributed by atoms with E-state index < -0.39 is 0 Å². The van der Waals surface area contributed by atoms with E-state index in [2.05, 4.69) is 16.1 Å². The topological polar surface area (TPSA) is 71.2 Å². The zero-order chi connectivity index (χ0) is 16.5. The van der Waals surface area contributed by atoms with Gasteiger partial charge < -0.3 is 10.0 Å². The number of hydrogen-bond donors (Lipinski definition) is 1. The number of nitrogens with zero attached hydrogens (tertiary/aromatic N) is 4. The number of hydrogen-bond acceptors (Lipinski definition) is 5. The maximum absolute atomic E-state index is 12.5. The van der Waals surface area contributed by atoms with Crippen molar-refractivity contribution in [3.63, 3.8) is 0 Å². The van der Waals surface area contributed by atoms with E-state index in [1.807, 2.05) is 33.8 Å². The first-order valence-electron chi connectivity index (χ1n) is 8.01. The monoisotopic (exact) mass is 342 g/mol. The number of amides is 1. The molecule has 124 valence electrons. The Kier molecular flexibility index (Phi) is 4.03. The summed E-state index contributed by atoms with van der Waals surface area (Å²) in [5.41, 5.74) is 2.65. The second-order valence-corrected chi connectivity index (χ2v) is 7.01. The van der Waals surface area contributed by atoms with E-state index in [1.165, 1.54) is 4.70 Å². The zero-order valence-electron chi connectivity index (χ0n) is 13.2. The van der Waals surface area contributed by atoms with Crippen LogP contribution >= 0.6 is 11.3 Å². The average Bonchev–Trinajstić information content (AvgIpc) is 3.21. The summed E-state index contributed by atoms with van der Waals surface area (Å²) in [7, 11) is 0. The van der Waals surface area contributed by atoms with Crippen LogP contribution in [0.5, 0.6) is 0 Å². The lowest BCUT2D eigenvalue weighted by atomic mass is 10.2. The molecule has 0 fully saturated rings. The van der Waals surface area contributed by atoms with Crippen molar-refractivity contribution in [2.24, 2.45) is 0 Å². The summed E-state index contributed by atoms with van der Waals surface area (Å²) in [6, 6.07) is 9.92. The Morgan fingerprint density at radius 3 is 3.00 bits per heavy atom. The Morgan fingerprint density at radius 2 is 2.17 bits per heavy atom. The fourth-order valence-electron chi connectivity index (χ4n) is 3.01. The normalized spacial score (nSPS) is 14.1. The van der Waals surface area contributed by atoms with Crippen molar-refractivity contribution in [1.29, 1.82) is 0 Å². The van der Waals surface area contributed by atoms with Crippen molar-refractivity contribution in [3.8, 4) is 0 Å². The summed E-state index contributed by atoms with van der Waals surface area (Å²) < 4.78 is 3.04. The van der Waals surface area contributed by atoms with Gasteiger partial charge in [0.05, 0.1) is 46.3 Å². The third-order valence-electron chi connectivity index (χ3n) is 4.25. The first-order chi connectivity index (χ1) is 11.7. The fraction of sp³-hybridized carbons (Fsp3) is 0.353. The molecule has 0 aliphatic carbocycles. The van der Waals surface area contributed by atoms with Crippen molar-refractivity contribution >= 4 is 27.5 Å². The molecular weight excluding hydrogens is 324 g/mol. The molecule has 3 heterocycles. The van der Waals surface area contributed by atoms with Crippen LogP contribution in [-0.4, -0.2) is 37.2 Å². The SMILES string of the molecule is O=C(CCc1nc2ccccc2s1)N1CCn2nc(CO)cc2C1. The third kappa shape index (κ3) is 2.92. The highest BCUT2D eigenvalue weighted by molar-refractivity contribution is 7.18. The molecule has 6 nitrogen and oxygen atoms in total. The number of benzene rings is 1. The molecule has 1 aliphatic heterocycles. The van der Waals surface area contributed by atoms with E-state index in [0.717, 1.165) is 16.2 Å². The van der Waals surface area contributed by atoms with Crippen molar-refractivity contribution in [2.45, 2.75) is 32.5 Å². The standard InChI is InChI=1S/C17H18N4O2S/c22-11-12-9-13-10-20(7-8-21(13)19-12)17(23)6-5-16-18-14-3-1-2-4-15(14)24-16/h1-4,9,22H,5-8,10-11H2. The molecule has 1 N–H and O–H groups in total. The largest absolute Gasteiger partial charge is 0.390 e. The summed E-state index contributed by atoms with van der Waals surface area (Å²) >= 11 is 1.66. The molecule has 0 saturated carbocycles. The second-order valence-electron chi connectivity index (χ2n) is 5.90. The van der Waals surface area contributed by atoms with Crippen LogP contribution in [0.4, 0.5) is 0 Å². The lowest BCUT2D eigenvalue weighted by Gasteiger charge is -2.27. The maximum atomic E-state index is 12.5. The molecular formula is C17H18N4O2S. The Morgan fingerprint density at radius 1 is 1.29 bits per heavy atom. The first kappa shape index (κ1) is 15.3. The van der Waals surface area contributed by atoms with Gasteiger partial charge in [-0.25, -0.2) is 4.98 Å². The van der Waals surface area contributed by atoms with Crippen molar-refractivity contribution in [3.05, 3.63) is 46.7 Å². The van der Waals surface area contributed by atoms with E-state index in [0.29, 0.717) is 38.2 Å². The van der Waals surface area contributed by atoms with Crippen LogP contribution in [0.15, 0.2) is 30.3 Å². The van der Waals surface area contributed by atoms with Gasteiger partial charge in [-0.3, -0.25) is 9.48 Å². The van der Waals surface area contributed by atoms with Crippen LogP contribution < -0.4 is 0 Å². The highest BCUT2D eigenvalue weighted by Gasteiger charge is 2.22. The smallest absolute Gasteiger partial charge is 0.223 e. The Hall–Kier alpha value is -2.25. The number of aromatic nitrogens is 3. The zero-order valence-corrected chi connectivity index (χ0v) is 14.0. The summed E-state index contributed by atoms with van der Waals surface area (Å²) in [5, 5.41) is 14.5. The molecule has 24 heavy (non-hydrogen) atoms. The summed E-state index contributed by atoms with van der Waals surface area (Å²) in [5.74, 6) is 0.146. The summed E-state index contributed by atoms with van der Waals surface area (Å²) in [4.78, 5) is 18.9. The number of aryl methyl sites for hydroxylation is 1. The van der Waals surface area contributed by atoms with Crippen molar-refractivity contribution in [1.82, 2.24) is 19.7 Å². The number of para-hydroxylation sites is 1. The Bertz CT molecular complexity index is 853. The number of carbonyl (C=O) groups is 1. The minimum absolute atomic E-state index is 0.0639. The predicted octanol–water partition coefficient (Wildman–Crippen LogP) is 1.96. The third-order valence-corrected chi connectivity index (χ3v) is 5.35. The molecule has 2 aromatic heterocycles. The predicted molar refractivity (Wildman–Crippen MR) is 91.5 cm³/mol. The van der Waals surface area contributed by atoms with Crippen LogP contribution in [0.2, 0.25) is 0 Å². The van der Waals surface area contributed by atoms with Crippen molar-refractivity contribution < 1.29 is 9.90 Å². The van der Waals surface area contributed by atoms with Gasteiger partial charge in [0.2, 0.25) is 5.91 Å². The summed E-state index contributed by atoms with van der Waals surface area (Å²) in [6.07, 6.45) is 1.15. The number of aliphatic hydroxyl groups is 1. The summed E-state index contributed by atoms with van der Waals surface area (Å²) in [6.45, 7) is 1.84. The van der Waals surface area contributed by atoms with Gasteiger partial charge >= 0.3 is 0 Å². The quantitative estimate of drug-likeness (QED) is 0.787.